The number of hydrogen-bond acceptors (Lipinski definition) is 18. The first-order valence-electron chi connectivity index (χ1n) is 19.1. The molecule has 0 aliphatic carbocycles. The summed E-state index contributed by atoms with van der Waals surface area (Å²) < 4.78 is 33.3. The number of ether oxygens (including phenoxy) is 6. The van der Waals surface area contributed by atoms with Gasteiger partial charge in [0.1, 0.15) is 36.6 Å². The van der Waals surface area contributed by atoms with E-state index in [1.54, 1.807) is 56.2 Å². The van der Waals surface area contributed by atoms with Crippen LogP contribution in [0, 0.1) is 0 Å². The predicted octanol–water partition coefficient (Wildman–Crippen LogP) is 4.17. The average Bonchev–Trinajstić information content (AvgIpc) is 3.16. The lowest BCUT2D eigenvalue weighted by molar-refractivity contribution is -0.144. The number of nitrogens with zero attached hydrogens (tertiary/aromatic N) is 6. The van der Waals surface area contributed by atoms with Gasteiger partial charge in [0.05, 0.1) is 39.3 Å². The summed E-state index contributed by atoms with van der Waals surface area (Å²) in [5, 5.41) is 0. The standard InChI is InChI=1S/C42H60N6O12/c1-16-34(49)55-28(10)19-46(22-31(13)58-37(52)25(4)5)40-43-41(47(20-29(11)56-35(50)17-2)23-32(14)59-38(53)26(6)7)45-42(44-40)48(21-30(12)57-36(51)18-3)24-33(15)60-39(54)27(8)9/h16-18,28-33H,1-4,6,8,19-24H2,5,7,9-15H3. The van der Waals surface area contributed by atoms with Gasteiger partial charge in [0.25, 0.3) is 0 Å². The fourth-order valence-electron chi connectivity index (χ4n) is 5.16. The van der Waals surface area contributed by atoms with Gasteiger partial charge in [-0.25, -0.2) is 28.8 Å². The van der Waals surface area contributed by atoms with Crippen molar-refractivity contribution in [3.05, 3.63) is 74.4 Å². The van der Waals surface area contributed by atoms with Crippen LogP contribution in [0.1, 0.15) is 62.3 Å². The van der Waals surface area contributed by atoms with Gasteiger partial charge >= 0.3 is 35.8 Å². The summed E-state index contributed by atoms with van der Waals surface area (Å²) in [4.78, 5) is 93.7. The van der Waals surface area contributed by atoms with Gasteiger partial charge in [0.15, 0.2) is 0 Å². The smallest absolute Gasteiger partial charge is 0.333 e. The van der Waals surface area contributed by atoms with Gasteiger partial charge in [-0.1, -0.05) is 39.5 Å². The van der Waals surface area contributed by atoms with Crippen molar-refractivity contribution in [3.8, 4) is 0 Å². The number of aromatic nitrogens is 3. The maximum atomic E-state index is 12.6. The van der Waals surface area contributed by atoms with Crippen molar-refractivity contribution < 1.29 is 57.2 Å². The lowest BCUT2D eigenvalue weighted by Crippen LogP contribution is -2.44. The summed E-state index contributed by atoms with van der Waals surface area (Å²) in [5.41, 5.74) is 0.495. The van der Waals surface area contributed by atoms with Gasteiger partial charge in [-0.2, -0.15) is 15.0 Å². The molecule has 1 heterocycles. The number of esters is 6. The van der Waals surface area contributed by atoms with E-state index >= 15 is 0 Å². The minimum atomic E-state index is -0.799. The number of hydrogen-bond donors (Lipinski definition) is 0. The quantitative estimate of drug-likeness (QED) is 0.0692. The highest BCUT2D eigenvalue weighted by Crippen LogP contribution is 2.24. The summed E-state index contributed by atoms with van der Waals surface area (Å²) in [6.45, 7) is 35.4. The van der Waals surface area contributed by atoms with Crippen LogP contribution in [0.5, 0.6) is 0 Å². The Morgan fingerprint density at radius 2 is 0.617 bits per heavy atom. The maximum Gasteiger partial charge on any atom is 0.333 e. The summed E-state index contributed by atoms with van der Waals surface area (Å²) in [7, 11) is 0. The molecule has 18 heteroatoms. The molecule has 330 valence electrons. The van der Waals surface area contributed by atoms with E-state index in [4.69, 9.17) is 43.4 Å². The molecule has 0 spiro atoms. The van der Waals surface area contributed by atoms with Crippen LogP contribution in [0.15, 0.2) is 74.4 Å². The topological polar surface area (TPSA) is 206 Å². The lowest BCUT2D eigenvalue weighted by Gasteiger charge is -2.33. The molecule has 0 saturated carbocycles. The Hall–Kier alpha value is -6.33. The van der Waals surface area contributed by atoms with Gasteiger partial charge in [0, 0.05) is 34.9 Å². The first kappa shape index (κ1) is 51.7. The second-order valence-electron chi connectivity index (χ2n) is 14.3. The zero-order valence-electron chi connectivity index (χ0n) is 36.3. The van der Waals surface area contributed by atoms with E-state index in [1.165, 1.54) is 20.8 Å². The maximum absolute atomic E-state index is 12.6. The summed E-state index contributed by atoms with van der Waals surface area (Å²) in [6.07, 6.45) is -1.75. The second kappa shape index (κ2) is 25.2. The summed E-state index contributed by atoms with van der Waals surface area (Å²) in [6, 6.07) is 0. The zero-order chi connectivity index (χ0) is 45.9. The number of anilines is 3. The van der Waals surface area contributed by atoms with E-state index in [-0.39, 0.29) is 73.8 Å². The first-order valence-corrected chi connectivity index (χ1v) is 19.1. The SMILES string of the molecule is C=CC(=O)OC(C)CN(CC(C)OC(=O)C(=C)C)c1nc(N(CC(C)OC(=O)C=C)CC(C)OC(=O)C(=C)C)nc(N(CC(C)OC(=O)C=C)CC(C)OC(=O)C(=C)C)n1. The fraction of sp³-hybridized carbons (Fsp3) is 0.500. The predicted molar refractivity (Wildman–Crippen MR) is 225 cm³/mol. The van der Waals surface area contributed by atoms with Gasteiger partial charge in [-0.05, 0) is 62.3 Å². The molecular weight excluding hydrogens is 780 g/mol. The molecule has 0 aliphatic heterocycles. The molecule has 0 aromatic carbocycles. The van der Waals surface area contributed by atoms with E-state index in [1.807, 2.05) is 0 Å². The molecule has 6 unspecified atom stereocenters. The Kier molecular flexibility index (Phi) is 21.7. The van der Waals surface area contributed by atoms with E-state index in [2.05, 4.69) is 39.5 Å². The monoisotopic (exact) mass is 840 g/mol. The normalized spacial score (nSPS) is 13.6. The van der Waals surface area contributed by atoms with Crippen LogP contribution in [0.4, 0.5) is 17.8 Å². The van der Waals surface area contributed by atoms with Crippen LogP contribution in [0.2, 0.25) is 0 Å². The number of rotatable bonds is 27. The highest BCUT2D eigenvalue weighted by atomic mass is 16.6. The third-order valence-corrected chi connectivity index (χ3v) is 7.74. The van der Waals surface area contributed by atoms with Gasteiger partial charge in [-0.15, -0.1) is 0 Å². The van der Waals surface area contributed by atoms with E-state index < -0.39 is 72.4 Å². The van der Waals surface area contributed by atoms with Crippen molar-refractivity contribution in [2.45, 2.75) is 98.9 Å². The van der Waals surface area contributed by atoms with Crippen molar-refractivity contribution >= 4 is 53.7 Å². The van der Waals surface area contributed by atoms with Gasteiger partial charge in [0.2, 0.25) is 17.8 Å². The van der Waals surface area contributed by atoms with Crippen LogP contribution in [-0.4, -0.2) is 127 Å². The lowest BCUT2D eigenvalue weighted by atomic mass is 10.3. The van der Waals surface area contributed by atoms with Crippen LogP contribution in [0.25, 0.3) is 0 Å². The molecule has 0 radical (unpaired) electrons. The zero-order valence-corrected chi connectivity index (χ0v) is 36.3. The number of carbonyl (C=O) groups is 6. The van der Waals surface area contributed by atoms with Crippen LogP contribution in [-0.2, 0) is 57.2 Å². The molecular formula is C42H60N6O12. The Morgan fingerprint density at radius 1 is 0.433 bits per heavy atom. The molecule has 1 aromatic heterocycles. The average molecular weight is 841 g/mol. The molecule has 60 heavy (non-hydrogen) atoms. The summed E-state index contributed by atoms with van der Waals surface area (Å²) in [5.74, 6) is -4.08. The molecule has 1 aromatic rings. The van der Waals surface area contributed by atoms with Gasteiger partial charge in [-0.3, -0.25) is 0 Å². The van der Waals surface area contributed by atoms with E-state index in [9.17, 15) is 28.8 Å². The van der Waals surface area contributed by atoms with Gasteiger partial charge < -0.3 is 43.1 Å². The molecule has 0 fully saturated rings. The van der Waals surface area contributed by atoms with Crippen LogP contribution >= 0.6 is 0 Å². The van der Waals surface area contributed by atoms with Crippen molar-refractivity contribution in [1.82, 2.24) is 15.0 Å². The third-order valence-electron chi connectivity index (χ3n) is 7.74. The van der Waals surface area contributed by atoms with Crippen molar-refractivity contribution in [2.75, 3.05) is 54.0 Å². The molecule has 0 saturated heterocycles. The van der Waals surface area contributed by atoms with Crippen LogP contribution < -0.4 is 14.7 Å². The largest absolute Gasteiger partial charge is 0.458 e. The van der Waals surface area contributed by atoms with Crippen LogP contribution in [0.3, 0.4) is 0 Å². The Bertz CT molecular complexity index is 1570. The highest BCUT2D eigenvalue weighted by molar-refractivity contribution is 5.88. The molecule has 6 atom stereocenters. The molecule has 0 bridgehead atoms. The Morgan fingerprint density at radius 3 is 0.783 bits per heavy atom. The molecule has 1 rings (SSSR count). The first-order chi connectivity index (χ1) is 28.0. The minimum absolute atomic E-state index is 0.0191. The van der Waals surface area contributed by atoms with Crippen molar-refractivity contribution in [3.63, 3.8) is 0 Å². The minimum Gasteiger partial charge on any atom is -0.458 e. The molecule has 0 N–H and O–H groups in total. The Labute approximate surface area is 352 Å². The van der Waals surface area contributed by atoms with Crippen molar-refractivity contribution in [1.29, 1.82) is 0 Å². The Balaban J connectivity index is 4.26. The third kappa shape index (κ3) is 18.9. The molecule has 18 nitrogen and oxygen atoms in total. The summed E-state index contributed by atoms with van der Waals surface area (Å²) >= 11 is 0. The second-order valence-corrected chi connectivity index (χ2v) is 14.3. The highest BCUT2D eigenvalue weighted by Gasteiger charge is 2.29. The van der Waals surface area contributed by atoms with E-state index in [0.717, 1.165) is 18.2 Å². The molecule has 0 amide bonds. The fourth-order valence-corrected chi connectivity index (χ4v) is 5.16. The molecule has 0 aliphatic rings. The van der Waals surface area contributed by atoms with E-state index in [0.29, 0.717) is 0 Å². The van der Waals surface area contributed by atoms with Crippen molar-refractivity contribution in [2.24, 2.45) is 0 Å². The number of carbonyl (C=O) groups excluding carboxylic acids is 6.